The Morgan fingerprint density at radius 2 is 1.54 bits per heavy atom. The zero-order valence-corrected chi connectivity index (χ0v) is 12.5. The van der Waals surface area contributed by atoms with Gasteiger partial charge in [0, 0.05) is 12.2 Å². The number of carboxylic acids is 1. The number of hydrogen-bond donors (Lipinski definition) is 4. The molecule has 4 N–H and O–H groups in total. The molecule has 0 fully saturated rings. The summed E-state index contributed by atoms with van der Waals surface area (Å²) < 4.78 is 0. The normalized spacial score (nSPS) is 10.2. The van der Waals surface area contributed by atoms with Gasteiger partial charge in [-0.15, -0.1) is 0 Å². The number of benzene rings is 2. The zero-order chi connectivity index (χ0) is 17.4. The molecule has 2 aromatic rings. The molecule has 2 amide bonds. The molecule has 7 heteroatoms. The Hall–Kier alpha value is -3.61. The van der Waals surface area contributed by atoms with Gasteiger partial charge in [0.2, 0.25) is 5.91 Å². The van der Waals surface area contributed by atoms with Gasteiger partial charge < -0.3 is 10.4 Å². The van der Waals surface area contributed by atoms with Crippen molar-refractivity contribution in [2.45, 2.75) is 0 Å². The van der Waals surface area contributed by atoms with Gasteiger partial charge in [0.05, 0.1) is 16.9 Å². The van der Waals surface area contributed by atoms with Gasteiger partial charge in [-0.25, -0.2) is 4.79 Å². The van der Waals surface area contributed by atoms with E-state index in [1.807, 2.05) is 18.2 Å². The van der Waals surface area contributed by atoms with Crippen LogP contribution in [0.2, 0.25) is 0 Å². The van der Waals surface area contributed by atoms with E-state index in [2.05, 4.69) is 16.2 Å². The number of rotatable bonds is 6. The average Bonchev–Trinajstić information content (AvgIpc) is 2.59. The fourth-order valence-corrected chi connectivity index (χ4v) is 1.83. The van der Waals surface area contributed by atoms with Crippen LogP contribution in [0.15, 0.2) is 66.7 Å². The molecule has 2 rings (SSSR count). The molecular weight excluding hydrogens is 310 g/mol. The van der Waals surface area contributed by atoms with Crippen LogP contribution in [0.3, 0.4) is 0 Å². The Balaban J connectivity index is 2.06. The molecule has 0 unspecified atom stereocenters. The minimum absolute atomic E-state index is 0.234. The minimum atomic E-state index is -1.23. The molecule has 0 aliphatic carbocycles. The molecule has 0 heterocycles. The van der Waals surface area contributed by atoms with Crippen LogP contribution in [0.5, 0.6) is 0 Å². The summed E-state index contributed by atoms with van der Waals surface area (Å²) in [4.78, 5) is 34.3. The highest BCUT2D eigenvalue weighted by molar-refractivity contribution is 6.07. The van der Waals surface area contributed by atoms with Gasteiger partial charge >= 0.3 is 5.97 Å². The van der Waals surface area contributed by atoms with Crippen LogP contribution in [0.4, 0.5) is 11.4 Å². The second kappa shape index (κ2) is 8.14. The number of carbonyl (C=O) groups excluding carboxylic acids is 2. The van der Waals surface area contributed by atoms with Crippen LogP contribution < -0.4 is 16.2 Å². The van der Waals surface area contributed by atoms with E-state index in [0.717, 1.165) is 12.2 Å². The van der Waals surface area contributed by atoms with Crippen LogP contribution in [-0.4, -0.2) is 22.9 Å². The molecule has 0 aromatic heterocycles. The van der Waals surface area contributed by atoms with E-state index < -0.39 is 17.8 Å². The number of carbonyl (C=O) groups is 3. The second-order valence-corrected chi connectivity index (χ2v) is 4.65. The highest BCUT2D eigenvalue weighted by Gasteiger charge is 2.12. The van der Waals surface area contributed by atoms with Crippen LogP contribution in [0, 0.1) is 0 Å². The highest BCUT2D eigenvalue weighted by atomic mass is 16.4. The van der Waals surface area contributed by atoms with Crippen molar-refractivity contribution in [2.24, 2.45) is 0 Å². The first-order valence-corrected chi connectivity index (χ1v) is 6.98. The third-order valence-electron chi connectivity index (χ3n) is 2.90. The van der Waals surface area contributed by atoms with Crippen molar-refractivity contribution < 1.29 is 19.5 Å². The number of hydrogen-bond acceptors (Lipinski definition) is 4. The van der Waals surface area contributed by atoms with E-state index in [-0.39, 0.29) is 11.3 Å². The Kier molecular flexibility index (Phi) is 5.68. The summed E-state index contributed by atoms with van der Waals surface area (Å²) >= 11 is 0. The van der Waals surface area contributed by atoms with Gasteiger partial charge in [0.25, 0.3) is 5.91 Å². The number of nitrogens with one attached hydrogen (secondary N) is 3. The van der Waals surface area contributed by atoms with Crippen LogP contribution >= 0.6 is 0 Å². The standard InChI is InChI=1S/C17H15N3O4/c21-15(10-11-16(22)23)18-14-9-5-4-8-13(14)17(24)20-19-12-6-2-1-3-7-12/h1-11,19H,(H,18,21)(H,20,24)(H,22,23)/b11-10+. The smallest absolute Gasteiger partial charge is 0.328 e. The molecule has 24 heavy (non-hydrogen) atoms. The quantitative estimate of drug-likeness (QED) is 0.480. The van der Waals surface area contributed by atoms with Crippen molar-refractivity contribution in [3.05, 3.63) is 72.3 Å². The third kappa shape index (κ3) is 4.99. The summed E-state index contributed by atoms with van der Waals surface area (Å²) in [7, 11) is 0. The first-order chi connectivity index (χ1) is 11.6. The lowest BCUT2D eigenvalue weighted by molar-refractivity contribution is -0.131. The van der Waals surface area contributed by atoms with E-state index in [1.54, 1.807) is 36.4 Å². The topological polar surface area (TPSA) is 108 Å². The molecule has 7 nitrogen and oxygen atoms in total. The maximum absolute atomic E-state index is 12.2. The number of anilines is 2. The van der Waals surface area contributed by atoms with Crippen molar-refractivity contribution in [2.75, 3.05) is 10.7 Å². The van der Waals surface area contributed by atoms with E-state index in [1.165, 1.54) is 0 Å². The molecular formula is C17H15N3O4. The Labute approximate surface area is 138 Å². The first kappa shape index (κ1) is 16.8. The zero-order valence-electron chi connectivity index (χ0n) is 12.5. The van der Waals surface area contributed by atoms with Crippen molar-refractivity contribution in [1.29, 1.82) is 0 Å². The first-order valence-electron chi connectivity index (χ1n) is 6.98. The molecule has 0 saturated heterocycles. The Bertz CT molecular complexity index is 772. The molecule has 0 spiro atoms. The second-order valence-electron chi connectivity index (χ2n) is 4.65. The van der Waals surface area contributed by atoms with Crippen molar-refractivity contribution in [3.8, 4) is 0 Å². The number of carboxylic acid groups (broad SMARTS) is 1. The lowest BCUT2D eigenvalue weighted by atomic mass is 10.1. The summed E-state index contributed by atoms with van der Waals surface area (Å²) in [5, 5.41) is 11.0. The van der Waals surface area contributed by atoms with Gasteiger partial charge in [-0.3, -0.25) is 20.4 Å². The maximum Gasteiger partial charge on any atom is 0.328 e. The van der Waals surface area contributed by atoms with Gasteiger partial charge in [-0.05, 0) is 24.3 Å². The largest absolute Gasteiger partial charge is 0.478 e. The number of aliphatic carboxylic acids is 1. The van der Waals surface area contributed by atoms with Crippen molar-refractivity contribution in [1.82, 2.24) is 5.43 Å². The Morgan fingerprint density at radius 3 is 2.25 bits per heavy atom. The summed E-state index contributed by atoms with van der Waals surface area (Å²) in [5.41, 5.74) is 6.49. The molecule has 2 aromatic carbocycles. The number of amides is 2. The average molecular weight is 325 g/mol. The van der Waals surface area contributed by atoms with E-state index >= 15 is 0 Å². The molecule has 0 atom stereocenters. The van der Waals surface area contributed by atoms with Gasteiger partial charge in [-0.2, -0.15) is 0 Å². The number of hydrazine groups is 1. The van der Waals surface area contributed by atoms with Gasteiger partial charge in [0.1, 0.15) is 0 Å². The summed E-state index contributed by atoms with van der Waals surface area (Å²) in [6.07, 6.45) is 1.59. The molecule has 122 valence electrons. The van der Waals surface area contributed by atoms with Crippen LogP contribution in [0.25, 0.3) is 0 Å². The van der Waals surface area contributed by atoms with E-state index in [9.17, 15) is 14.4 Å². The van der Waals surface area contributed by atoms with Crippen molar-refractivity contribution >= 4 is 29.2 Å². The summed E-state index contributed by atoms with van der Waals surface area (Å²) in [6.45, 7) is 0. The lowest BCUT2D eigenvalue weighted by Crippen LogP contribution is -2.30. The molecule has 0 radical (unpaired) electrons. The fourth-order valence-electron chi connectivity index (χ4n) is 1.83. The van der Waals surface area contributed by atoms with Crippen LogP contribution in [-0.2, 0) is 9.59 Å². The van der Waals surface area contributed by atoms with E-state index in [0.29, 0.717) is 5.69 Å². The number of para-hydroxylation sites is 2. The predicted molar refractivity (Wildman–Crippen MR) is 89.4 cm³/mol. The maximum atomic E-state index is 12.2. The Morgan fingerprint density at radius 1 is 0.875 bits per heavy atom. The third-order valence-corrected chi connectivity index (χ3v) is 2.90. The molecule has 0 bridgehead atoms. The van der Waals surface area contributed by atoms with Crippen LogP contribution in [0.1, 0.15) is 10.4 Å². The molecule has 0 saturated carbocycles. The SMILES string of the molecule is O=C(O)/C=C/C(=O)Nc1ccccc1C(=O)NNc1ccccc1. The monoisotopic (exact) mass is 325 g/mol. The molecule has 0 aliphatic heterocycles. The minimum Gasteiger partial charge on any atom is -0.478 e. The van der Waals surface area contributed by atoms with Gasteiger partial charge in [-0.1, -0.05) is 30.3 Å². The molecule has 0 aliphatic rings. The fraction of sp³-hybridized carbons (Fsp3) is 0. The summed E-state index contributed by atoms with van der Waals surface area (Å²) in [5.74, 6) is -2.33. The highest BCUT2D eigenvalue weighted by Crippen LogP contribution is 2.15. The van der Waals surface area contributed by atoms with E-state index in [4.69, 9.17) is 5.11 Å². The van der Waals surface area contributed by atoms with Crippen molar-refractivity contribution in [3.63, 3.8) is 0 Å². The lowest BCUT2D eigenvalue weighted by Gasteiger charge is -2.12. The summed E-state index contributed by atoms with van der Waals surface area (Å²) in [6, 6.07) is 15.4. The van der Waals surface area contributed by atoms with Gasteiger partial charge in [0.15, 0.2) is 0 Å². The predicted octanol–water partition coefficient (Wildman–Crippen LogP) is 2.02.